The zero-order valence-corrected chi connectivity index (χ0v) is 6.63. The Kier molecular flexibility index (Phi) is 2.38. The van der Waals surface area contributed by atoms with Crippen LogP contribution in [0, 0.1) is 0 Å². The molecule has 5 heteroatoms. The first-order valence-corrected chi connectivity index (χ1v) is 3.28. The number of halogens is 1. The highest BCUT2D eigenvalue weighted by molar-refractivity contribution is 6.29. The molecule has 0 saturated carbocycles. The summed E-state index contributed by atoms with van der Waals surface area (Å²) in [5, 5.41) is 3.06. The van der Waals surface area contributed by atoms with Crippen LogP contribution in [0.25, 0.3) is 0 Å². The third-order valence-electron chi connectivity index (χ3n) is 1.09. The number of carbonyl (C=O) groups excluding carboxylic acids is 1. The number of rotatable bonds is 0. The Labute approximate surface area is 69.1 Å². The third-order valence-corrected chi connectivity index (χ3v) is 1.30. The van der Waals surface area contributed by atoms with Gasteiger partial charge in [-0.1, -0.05) is 11.6 Å². The smallest absolute Gasteiger partial charge is 0.417 e. The van der Waals surface area contributed by atoms with E-state index in [1.165, 1.54) is 24.4 Å². The second kappa shape index (κ2) is 3.30. The van der Waals surface area contributed by atoms with Gasteiger partial charge in [0.15, 0.2) is 0 Å². The van der Waals surface area contributed by atoms with Crippen LogP contribution in [0.2, 0.25) is 0 Å². The standard InChI is InChI=1S/C6H7ClN2O2/c1-11-6(10)9-3-2-8-5(7)4-9/h2-4,8H,1H3. The van der Waals surface area contributed by atoms with E-state index < -0.39 is 6.09 Å². The average Bonchev–Trinajstić information content (AvgIpc) is 2.03. The predicted octanol–water partition coefficient (Wildman–Crippen LogP) is 1.17. The first kappa shape index (κ1) is 7.94. The summed E-state index contributed by atoms with van der Waals surface area (Å²) in [6, 6.07) is 0. The molecule has 0 aromatic rings. The van der Waals surface area contributed by atoms with Crippen molar-refractivity contribution < 1.29 is 9.53 Å². The lowest BCUT2D eigenvalue weighted by molar-refractivity contribution is 0.151. The number of nitrogens with one attached hydrogen (secondary N) is 1. The Bertz CT molecular complexity index is 225. The van der Waals surface area contributed by atoms with Crippen LogP contribution in [0.3, 0.4) is 0 Å². The summed E-state index contributed by atoms with van der Waals surface area (Å²) in [6.07, 6.45) is 4.01. The van der Waals surface area contributed by atoms with E-state index in [1.807, 2.05) is 0 Å². The SMILES string of the molecule is COC(=O)N1C=CNC(Cl)=C1. The molecule has 1 aliphatic rings. The fourth-order valence-electron chi connectivity index (χ4n) is 0.619. The zero-order chi connectivity index (χ0) is 8.27. The molecule has 0 bridgehead atoms. The van der Waals surface area contributed by atoms with Gasteiger partial charge < -0.3 is 10.1 Å². The third kappa shape index (κ3) is 1.88. The number of methoxy groups -OCH3 is 1. The van der Waals surface area contributed by atoms with E-state index in [0.717, 1.165) is 0 Å². The summed E-state index contributed by atoms with van der Waals surface area (Å²) in [7, 11) is 1.31. The maximum absolute atomic E-state index is 10.8. The molecule has 0 saturated heterocycles. The summed E-state index contributed by atoms with van der Waals surface area (Å²) >= 11 is 5.56. The Hall–Kier alpha value is -1.16. The van der Waals surface area contributed by atoms with E-state index in [-0.39, 0.29) is 0 Å². The zero-order valence-electron chi connectivity index (χ0n) is 5.87. The average molecular weight is 175 g/mol. The quantitative estimate of drug-likeness (QED) is 0.561. The fraction of sp³-hybridized carbons (Fsp3) is 0.167. The Morgan fingerprint density at radius 2 is 2.55 bits per heavy atom. The lowest BCUT2D eigenvalue weighted by atomic mass is 10.6. The molecule has 0 radical (unpaired) electrons. The van der Waals surface area contributed by atoms with Gasteiger partial charge in [-0.15, -0.1) is 0 Å². The Balaban J connectivity index is 2.65. The highest BCUT2D eigenvalue weighted by Crippen LogP contribution is 2.06. The van der Waals surface area contributed by atoms with Crippen molar-refractivity contribution in [2.24, 2.45) is 0 Å². The van der Waals surface area contributed by atoms with E-state index in [9.17, 15) is 4.79 Å². The fourth-order valence-corrected chi connectivity index (χ4v) is 0.787. The minimum absolute atomic E-state index is 0.373. The van der Waals surface area contributed by atoms with Gasteiger partial charge in [-0.25, -0.2) is 4.79 Å². The minimum atomic E-state index is -0.471. The van der Waals surface area contributed by atoms with Crippen molar-refractivity contribution in [3.63, 3.8) is 0 Å². The lowest BCUT2D eigenvalue weighted by Crippen LogP contribution is -2.24. The molecule has 0 aromatic heterocycles. The normalized spacial score (nSPS) is 15.5. The van der Waals surface area contributed by atoms with Crippen molar-refractivity contribution in [2.45, 2.75) is 0 Å². The van der Waals surface area contributed by atoms with Crippen LogP contribution in [0.15, 0.2) is 23.8 Å². The number of ether oxygens (including phenoxy) is 1. The molecule has 0 unspecified atom stereocenters. The molecule has 1 heterocycles. The second-order valence-corrected chi connectivity index (χ2v) is 2.22. The molecule has 0 aliphatic carbocycles. The van der Waals surface area contributed by atoms with Crippen molar-refractivity contribution in [2.75, 3.05) is 7.11 Å². The van der Waals surface area contributed by atoms with Gasteiger partial charge in [-0.2, -0.15) is 0 Å². The second-order valence-electron chi connectivity index (χ2n) is 1.81. The first-order valence-electron chi connectivity index (χ1n) is 2.91. The number of nitrogens with zero attached hydrogens (tertiary/aromatic N) is 1. The molecule has 0 spiro atoms. The van der Waals surface area contributed by atoms with Crippen LogP contribution in [-0.4, -0.2) is 18.1 Å². The van der Waals surface area contributed by atoms with Crippen LogP contribution >= 0.6 is 11.6 Å². The van der Waals surface area contributed by atoms with Crippen molar-refractivity contribution in [3.8, 4) is 0 Å². The topological polar surface area (TPSA) is 41.6 Å². The van der Waals surface area contributed by atoms with Crippen LogP contribution < -0.4 is 5.32 Å². The summed E-state index contributed by atoms with van der Waals surface area (Å²) in [5.74, 6) is 0. The van der Waals surface area contributed by atoms with Gasteiger partial charge in [0.05, 0.1) is 13.3 Å². The summed E-state index contributed by atoms with van der Waals surface area (Å²) < 4.78 is 4.44. The summed E-state index contributed by atoms with van der Waals surface area (Å²) in [5.41, 5.74) is 0. The van der Waals surface area contributed by atoms with Gasteiger partial charge >= 0.3 is 6.09 Å². The molecule has 1 aliphatic heterocycles. The van der Waals surface area contributed by atoms with Crippen LogP contribution in [0.4, 0.5) is 4.79 Å². The van der Waals surface area contributed by atoms with E-state index in [0.29, 0.717) is 5.16 Å². The lowest BCUT2D eigenvalue weighted by Gasteiger charge is -2.15. The maximum atomic E-state index is 10.8. The Morgan fingerprint density at radius 3 is 3.09 bits per heavy atom. The molecule has 1 rings (SSSR count). The largest absolute Gasteiger partial charge is 0.452 e. The minimum Gasteiger partial charge on any atom is -0.452 e. The highest BCUT2D eigenvalue weighted by atomic mass is 35.5. The summed E-state index contributed by atoms with van der Waals surface area (Å²) in [4.78, 5) is 12.1. The maximum Gasteiger partial charge on any atom is 0.417 e. The van der Waals surface area contributed by atoms with Gasteiger partial charge in [0.25, 0.3) is 0 Å². The van der Waals surface area contributed by atoms with Gasteiger partial charge in [-0.05, 0) is 0 Å². The van der Waals surface area contributed by atoms with E-state index in [1.54, 1.807) is 6.20 Å². The molecule has 1 amide bonds. The molecule has 1 N–H and O–H groups in total. The molecule has 11 heavy (non-hydrogen) atoms. The van der Waals surface area contributed by atoms with Crippen molar-refractivity contribution in [1.82, 2.24) is 10.2 Å². The molecule has 0 atom stereocenters. The number of hydrogen-bond acceptors (Lipinski definition) is 3. The van der Waals surface area contributed by atoms with E-state index in [2.05, 4.69) is 10.1 Å². The van der Waals surface area contributed by atoms with Crippen LogP contribution in [0.5, 0.6) is 0 Å². The predicted molar refractivity (Wildman–Crippen MR) is 40.5 cm³/mol. The van der Waals surface area contributed by atoms with Gasteiger partial charge in [0.1, 0.15) is 5.16 Å². The Morgan fingerprint density at radius 1 is 1.82 bits per heavy atom. The molecular formula is C6H7ClN2O2. The van der Waals surface area contributed by atoms with Gasteiger partial charge in [0, 0.05) is 12.4 Å². The molecule has 0 aromatic carbocycles. The number of amides is 1. The molecule has 60 valence electrons. The van der Waals surface area contributed by atoms with E-state index in [4.69, 9.17) is 11.6 Å². The van der Waals surface area contributed by atoms with Crippen molar-refractivity contribution in [1.29, 1.82) is 0 Å². The molecular weight excluding hydrogens is 168 g/mol. The number of hydrogen-bond donors (Lipinski definition) is 1. The van der Waals surface area contributed by atoms with Crippen LogP contribution in [-0.2, 0) is 4.74 Å². The molecule has 0 fully saturated rings. The van der Waals surface area contributed by atoms with Crippen LogP contribution in [0.1, 0.15) is 0 Å². The number of carbonyl (C=O) groups is 1. The van der Waals surface area contributed by atoms with E-state index >= 15 is 0 Å². The highest BCUT2D eigenvalue weighted by Gasteiger charge is 2.10. The van der Waals surface area contributed by atoms with Gasteiger partial charge in [-0.3, -0.25) is 4.90 Å². The first-order chi connectivity index (χ1) is 5.24. The summed E-state index contributed by atoms with van der Waals surface area (Å²) in [6.45, 7) is 0. The van der Waals surface area contributed by atoms with Gasteiger partial charge in [0.2, 0.25) is 0 Å². The monoisotopic (exact) mass is 174 g/mol. The van der Waals surface area contributed by atoms with Crippen molar-refractivity contribution >= 4 is 17.7 Å². The van der Waals surface area contributed by atoms with Crippen molar-refractivity contribution in [3.05, 3.63) is 23.8 Å². The molecule has 4 nitrogen and oxygen atoms in total.